The highest BCUT2D eigenvalue weighted by molar-refractivity contribution is 6.17. The summed E-state index contributed by atoms with van der Waals surface area (Å²) < 4.78 is 10.4. The van der Waals surface area contributed by atoms with Crippen LogP contribution in [-0.2, 0) is 4.74 Å². The van der Waals surface area contributed by atoms with Gasteiger partial charge in [0.15, 0.2) is 11.6 Å². The van der Waals surface area contributed by atoms with Gasteiger partial charge in [-0.1, -0.05) is 0 Å². The summed E-state index contributed by atoms with van der Waals surface area (Å²) in [6.07, 6.45) is 1.71. The van der Waals surface area contributed by atoms with E-state index in [4.69, 9.17) is 21.1 Å². The number of anilines is 1. The van der Waals surface area contributed by atoms with Crippen molar-refractivity contribution >= 4 is 17.4 Å². The zero-order valence-electron chi connectivity index (χ0n) is 8.70. The Hall–Kier alpha value is -1.00. The molecule has 0 spiro atoms. The van der Waals surface area contributed by atoms with Crippen LogP contribution in [0.4, 0.5) is 5.82 Å². The molecule has 0 aromatic carbocycles. The lowest BCUT2D eigenvalue weighted by atomic mass is 10.4. The van der Waals surface area contributed by atoms with Crippen molar-refractivity contribution in [2.45, 2.75) is 0 Å². The Morgan fingerprint density at radius 1 is 1.47 bits per heavy atom. The van der Waals surface area contributed by atoms with Gasteiger partial charge in [-0.25, -0.2) is 4.98 Å². The van der Waals surface area contributed by atoms with Gasteiger partial charge in [0, 0.05) is 18.6 Å². The Morgan fingerprint density at radius 3 is 3.07 bits per heavy atom. The number of ether oxygens (including phenoxy) is 2. The van der Waals surface area contributed by atoms with Crippen molar-refractivity contribution < 1.29 is 9.47 Å². The fourth-order valence-electron chi connectivity index (χ4n) is 1.09. The lowest BCUT2D eigenvalue weighted by Gasteiger charge is -2.09. The molecule has 4 nitrogen and oxygen atoms in total. The minimum atomic E-state index is 0.521. The second-order valence-electron chi connectivity index (χ2n) is 2.78. The maximum Gasteiger partial charge on any atom is 0.168 e. The number of halogens is 1. The Balaban J connectivity index is 2.30. The summed E-state index contributed by atoms with van der Waals surface area (Å²) in [5, 5.41) is 3.12. The van der Waals surface area contributed by atoms with Gasteiger partial charge in [-0.05, 0) is 12.1 Å². The van der Waals surface area contributed by atoms with Gasteiger partial charge in [0.2, 0.25) is 0 Å². The van der Waals surface area contributed by atoms with E-state index in [9.17, 15) is 0 Å². The average molecular weight is 231 g/mol. The number of hydrogen-bond donors (Lipinski definition) is 1. The normalized spacial score (nSPS) is 10.0. The molecule has 0 bridgehead atoms. The predicted molar refractivity (Wildman–Crippen MR) is 60.8 cm³/mol. The van der Waals surface area contributed by atoms with Crippen LogP contribution < -0.4 is 10.1 Å². The molecule has 0 radical (unpaired) electrons. The van der Waals surface area contributed by atoms with Crippen LogP contribution in [0.25, 0.3) is 0 Å². The van der Waals surface area contributed by atoms with Crippen molar-refractivity contribution in [2.75, 3.05) is 38.1 Å². The summed E-state index contributed by atoms with van der Waals surface area (Å²) in [4.78, 5) is 4.15. The Labute approximate surface area is 94.6 Å². The van der Waals surface area contributed by atoms with Crippen molar-refractivity contribution in [1.82, 2.24) is 4.98 Å². The molecule has 1 N–H and O–H groups in total. The molecule has 0 aliphatic carbocycles. The summed E-state index contributed by atoms with van der Waals surface area (Å²) in [6.45, 7) is 1.86. The molecular weight excluding hydrogens is 216 g/mol. The minimum absolute atomic E-state index is 0.521. The van der Waals surface area contributed by atoms with E-state index in [1.54, 1.807) is 13.3 Å². The van der Waals surface area contributed by atoms with Gasteiger partial charge < -0.3 is 14.8 Å². The quantitative estimate of drug-likeness (QED) is 0.573. The van der Waals surface area contributed by atoms with Crippen LogP contribution in [0.5, 0.6) is 5.75 Å². The molecule has 0 saturated carbocycles. The molecule has 1 rings (SSSR count). The first-order valence-electron chi connectivity index (χ1n) is 4.75. The van der Waals surface area contributed by atoms with Crippen LogP contribution in [0.1, 0.15) is 0 Å². The van der Waals surface area contributed by atoms with Crippen LogP contribution >= 0.6 is 11.6 Å². The van der Waals surface area contributed by atoms with Crippen LogP contribution in [0.15, 0.2) is 18.3 Å². The molecule has 0 aliphatic heterocycles. The molecule has 84 valence electrons. The molecule has 0 aliphatic rings. The molecule has 0 atom stereocenters. The molecule has 0 saturated heterocycles. The molecule has 5 heteroatoms. The van der Waals surface area contributed by atoms with E-state index >= 15 is 0 Å². The SMILES string of the molecule is COc1cccnc1NCCOCCCl. The van der Waals surface area contributed by atoms with E-state index in [1.807, 2.05) is 12.1 Å². The number of aromatic nitrogens is 1. The molecular formula is C10H15ClN2O2. The molecule has 1 aromatic rings. The first kappa shape index (κ1) is 12.1. The summed E-state index contributed by atoms with van der Waals surface area (Å²) in [7, 11) is 1.62. The molecule has 0 amide bonds. The summed E-state index contributed by atoms with van der Waals surface area (Å²) in [6, 6.07) is 3.68. The van der Waals surface area contributed by atoms with Crippen LogP contribution in [0.3, 0.4) is 0 Å². The Kier molecular flexibility index (Phi) is 5.88. The highest BCUT2D eigenvalue weighted by atomic mass is 35.5. The number of alkyl halides is 1. The Bertz CT molecular complexity index is 284. The highest BCUT2D eigenvalue weighted by Crippen LogP contribution is 2.19. The van der Waals surface area contributed by atoms with Crippen LogP contribution in [-0.4, -0.2) is 37.7 Å². The van der Waals surface area contributed by atoms with E-state index in [1.165, 1.54) is 0 Å². The van der Waals surface area contributed by atoms with Crippen molar-refractivity contribution in [3.8, 4) is 5.75 Å². The lowest BCUT2D eigenvalue weighted by molar-refractivity contribution is 0.160. The number of rotatable bonds is 7. The second-order valence-corrected chi connectivity index (χ2v) is 3.16. The number of nitrogens with one attached hydrogen (secondary N) is 1. The number of nitrogens with zero attached hydrogens (tertiary/aromatic N) is 1. The van der Waals surface area contributed by atoms with Crippen molar-refractivity contribution in [2.24, 2.45) is 0 Å². The molecule has 1 heterocycles. The number of methoxy groups -OCH3 is 1. The first-order chi connectivity index (χ1) is 7.38. The van der Waals surface area contributed by atoms with Crippen LogP contribution in [0.2, 0.25) is 0 Å². The first-order valence-corrected chi connectivity index (χ1v) is 5.28. The molecule has 15 heavy (non-hydrogen) atoms. The third-order valence-corrected chi connectivity index (χ3v) is 1.91. The average Bonchev–Trinajstić information content (AvgIpc) is 2.29. The zero-order chi connectivity index (χ0) is 10.9. The lowest BCUT2D eigenvalue weighted by Crippen LogP contribution is -2.11. The van der Waals surface area contributed by atoms with Crippen LogP contribution in [0, 0.1) is 0 Å². The number of hydrogen-bond acceptors (Lipinski definition) is 4. The van der Waals surface area contributed by atoms with Crippen molar-refractivity contribution in [1.29, 1.82) is 0 Å². The highest BCUT2D eigenvalue weighted by Gasteiger charge is 2.00. The van der Waals surface area contributed by atoms with E-state index in [0.29, 0.717) is 25.6 Å². The van der Waals surface area contributed by atoms with E-state index in [-0.39, 0.29) is 0 Å². The van der Waals surface area contributed by atoms with Crippen molar-refractivity contribution in [3.63, 3.8) is 0 Å². The third-order valence-electron chi connectivity index (χ3n) is 1.75. The summed E-state index contributed by atoms with van der Waals surface area (Å²) >= 11 is 5.47. The monoisotopic (exact) mass is 230 g/mol. The second kappa shape index (κ2) is 7.31. The fourth-order valence-corrected chi connectivity index (χ4v) is 1.20. The van der Waals surface area contributed by atoms with E-state index < -0.39 is 0 Å². The smallest absolute Gasteiger partial charge is 0.168 e. The van der Waals surface area contributed by atoms with Gasteiger partial charge in [0.25, 0.3) is 0 Å². The predicted octanol–water partition coefficient (Wildman–Crippen LogP) is 1.76. The minimum Gasteiger partial charge on any atom is -0.493 e. The van der Waals surface area contributed by atoms with Gasteiger partial charge in [-0.15, -0.1) is 11.6 Å². The van der Waals surface area contributed by atoms with Gasteiger partial charge in [0.1, 0.15) is 0 Å². The maximum atomic E-state index is 5.47. The fraction of sp³-hybridized carbons (Fsp3) is 0.500. The maximum absolute atomic E-state index is 5.47. The standard InChI is InChI=1S/C10H15ClN2O2/c1-14-9-3-2-5-12-10(9)13-6-8-15-7-4-11/h2-3,5H,4,6-8H2,1H3,(H,12,13). The summed E-state index contributed by atoms with van der Waals surface area (Å²) in [5.74, 6) is 1.98. The summed E-state index contributed by atoms with van der Waals surface area (Å²) in [5.41, 5.74) is 0. The molecule has 0 unspecified atom stereocenters. The van der Waals surface area contributed by atoms with E-state index in [0.717, 1.165) is 11.6 Å². The van der Waals surface area contributed by atoms with Crippen molar-refractivity contribution in [3.05, 3.63) is 18.3 Å². The topological polar surface area (TPSA) is 43.4 Å². The van der Waals surface area contributed by atoms with Gasteiger partial charge in [-0.2, -0.15) is 0 Å². The van der Waals surface area contributed by atoms with Gasteiger partial charge >= 0.3 is 0 Å². The van der Waals surface area contributed by atoms with Gasteiger partial charge in [-0.3, -0.25) is 0 Å². The molecule has 1 aromatic heterocycles. The van der Waals surface area contributed by atoms with Gasteiger partial charge in [0.05, 0.1) is 20.3 Å². The third kappa shape index (κ3) is 4.36. The zero-order valence-corrected chi connectivity index (χ0v) is 9.46. The Morgan fingerprint density at radius 2 is 2.33 bits per heavy atom. The number of pyridine rings is 1. The van der Waals surface area contributed by atoms with E-state index in [2.05, 4.69) is 10.3 Å². The molecule has 0 fully saturated rings. The largest absolute Gasteiger partial charge is 0.493 e.